The van der Waals surface area contributed by atoms with Gasteiger partial charge in [0.15, 0.2) is 6.10 Å². The van der Waals surface area contributed by atoms with Crippen LogP contribution in [0.3, 0.4) is 0 Å². The third-order valence-electron chi connectivity index (χ3n) is 6.39. The van der Waals surface area contributed by atoms with E-state index in [-0.39, 0.29) is 23.4 Å². The Bertz CT molecular complexity index is 1750. The fourth-order valence-corrected chi connectivity index (χ4v) is 4.37. The second-order valence-electron chi connectivity index (χ2n) is 9.28. The van der Waals surface area contributed by atoms with Gasteiger partial charge < -0.3 is 20.8 Å². The van der Waals surface area contributed by atoms with Gasteiger partial charge in [-0.25, -0.2) is 4.39 Å². The predicted molar refractivity (Wildman–Crippen MR) is 157 cm³/mol. The summed E-state index contributed by atoms with van der Waals surface area (Å²) in [6, 6.07) is 29.3. The second kappa shape index (κ2) is 11.7. The van der Waals surface area contributed by atoms with Gasteiger partial charge in [-0.2, -0.15) is 15.0 Å². The summed E-state index contributed by atoms with van der Waals surface area (Å²) in [5.41, 5.74) is 4.11. The summed E-state index contributed by atoms with van der Waals surface area (Å²) in [6.07, 6.45) is -0.134. The van der Waals surface area contributed by atoms with Gasteiger partial charge in [-0.15, -0.1) is 0 Å². The molecule has 2 heterocycles. The van der Waals surface area contributed by atoms with E-state index in [1.54, 1.807) is 30.3 Å². The van der Waals surface area contributed by atoms with Crippen LogP contribution < -0.4 is 16.0 Å². The van der Waals surface area contributed by atoms with Crippen molar-refractivity contribution in [3.05, 3.63) is 130 Å². The van der Waals surface area contributed by atoms with Crippen molar-refractivity contribution in [3.63, 3.8) is 0 Å². The Labute approximate surface area is 239 Å². The third kappa shape index (κ3) is 6.12. The summed E-state index contributed by atoms with van der Waals surface area (Å²) >= 11 is 0. The zero-order chi connectivity index (χ0) is 28.9. The van der Waals surface area contributed by atoms with E-state index in [0.717, 1.165) is 11.3 Å². The highest BCUT2D eigenvalue weighted by Crippen LogP contribution is 2.35. The number of anilines is 6. The first-order valence-corrected chi connectivity index (χ1v) is 12.9. The van der Waals surface area contributed by atoms with Gasteiger partial charge in [-0.05, 0) is 60.2 Å². The van der Waals surface area contributed by atoms with E-state index in [1.165, 1.54) is 18.2 Å². The molecule has 12 heteroatoms. The Kier molecular flexibility index (Phi) is 7.32. The lowest BCUT2D eigenvalue weighted by Gasteiger charge is -2.12. The Balaban J connectivity index is 1.19. The lowest BCUT2D eigenvalue weighted by molar-refractivity contribution is -0.386. The summed E-state index contributed by atoms with van der Waals surface area (Å²) in [5, 5.41) is 25.0. The van der Waals surface area contributed by atoms with Crippen molar-refractivity contribution in [1.82, 2.24) is 15.0 Å². The maximum Gasteiger partial charge on any atom is 0.276 e. The third-order valence-corrected chi connectivity index (χ3v) is 6.39. The zero-order valence-electron chi connectivity index (χ0n) is 21.9. The molecule has 1 aromatic heterocycles. The maximum atomic E-state index is 13.4. The molecule has 1 aliphatic heterocycles. The molecule has 42 heavy (non-hydrogen) atoms. The van der Waals surface area contributed by atoms with E-state index < -0.39 is 11.0 Å². The van der Waals surface area contributed by atoms with Crippen LogP contribution in [0, 0.1) is 15.9 Å². The predicted octanol–water partition coefficient (Wildman–Crippen LogP) is 7.02. The molecule has 208 valence electrons. The van der Waals surface area contributed by atoms with Crippen LogP contribution in [0.2, 0.25) is 0 Å². The van der Waals surface area contributed by atoms with E-state index in [0.29, 0.717) is 35.0 Å². The van der Waals surface area contributed by atoms with E-state index in [2.05, 4.69) is 36.1 Å². The van der Waals surface area contributed by atoms with Crippen molar-refractivity contribution in [2.24, 2.45) is 5.16 Å². The number of hydrogen-bond donors (Lipinski definition) is 3. The quantitative estimate of drug-likeness (QED) is 0.128. The van der Waals surface area contributed by atoms with Crippen molar-refractivity contribution in [3.8, 4) is 0 Å². The molecule has 0 saturated carbocycles. The molecule has 11 nitrogen and oxygen atoms in total. The van der Waals surface area contributed by atoms with E-state index in [4.69, 9.17) is 4.84 Å². The first-order chi connectivity index (χ1) is 20.5. The number of nitrogens with zero attached hydrogens (tertiary/aromatic N) is 5. The van der Waals surface area contributed by atoms with Crippen LogP contribution in [0.4, 0.5) is 45.0 Å². The second-order valence-corrected chi connectivity index (χ2v) is 9.28. The number of aromatic nitrogens is 3. The first kappa shape index (κ1) is 26.3. The standard InChI is InChI=1S/C30H23FN8O3/c31-20-12-16-23(17-13-20)34-30-36-28(32-21-6-2-1-3-7-21)35-29(37-30)33-22-14-10-19(11-15-22)25-18-27(42-38-25)24-8-4-5-9-26(24)39(40)41/h1-17,27H,18H2,(H3,32,33,34,35,36,37). The fourth-order valence-electron chi connectivity index (χ4n) is 4.37. The number of para-hydroxylation sites is 2. The number of benzene rings is 4. The average molecular weight is 563 g/mol. The molecule has 4 aromatic carbocycles. The molecule has 1 atom stereocenters. The minimum Gasteiger partial charge on any atom is -0.387 e. The number of halogens is 1. The molecular weight excluding hydrogens is 539 g/mol. The summed E-state index contributed by atoms with van der Waals surface area (Å²) < 4.78 is 13.4. The number of hydrogen-bond acceptors (Lipinski definition) is 10. The van der Waals surface area contributed by atoms with Crippen molar-refractivity contribution in [2.45, 2.75) is 12.5 Å². The largest absolute Gasteiger partial charge is 0.387 e. The highest BCUT2D eigenvalue weighted by Gasteiger charge is 2.29. The van der Waals surface area contributed by atoms with Gasteiger partial charge in [0.2, 0.25) is 17.8 Å². The Morgan fingerprint density at radius 1 is 0.714 bits per heavy atom. The van der Waals surface area contributed by atoms with E-state index in [9.17, 15) is 14.5 Å². The highest BCUT2D eigenvalue weighted by atomic mass is 19.1. The molecular formula is C30H23FN8O3. The number of rotatable bonds is 9. The topological polar surface area (TPSA) is 139 Å². The molecule has 1 unspecified atom stereocenters. The van der Waals surface area contributed by atoms with Crippen LogP contribution in [0.1, 0.15) is 23.7 Å². The first-order valence-electron chi connectivity index (χ1n) is 12.9. The molecule has 0 saturated heterocycles. The van der Waals surface area contributed by atoms with Crippen LogP contribution in [-0.2, 0) is 4.84 Å². The smallest absolute Gasteiger partial charge is 0.276 e. The highest BCUT2D eigenvalue weighted by molar-refractivity contribution is 6.01. The van der Waals surface area contributed by atoms with Crippen LogP contribution in [-0.4, -0.2) is 25.6 Å². The maximum absolute atomic E-state index is 13.4. The molecule has 3 N–H and O–H groups in total. The Morgan fingerprint density at radius 2 is 1.24 bits per heavy atom. The number of nitro benzene ring substituents is 1. The van der Waals surface area contributed by atoms with Gasteiger partial charge in [-0.1, -0.05) is 47.6 Å². The molecule has 0 radical (unpaired) electrons. The van der Waals surface area contributed by atoms with E-state index >= 15 is 0 Å². The SMILES string of the molecule is O=[N+]([O-])c1ccccc1C1CC(c2ccc(Nc3nc(Nc4ccccc4)nc(Nc4ccc(F)cc4)n3)cc2)=NO1. The summed E-state index contributed by atoms with van der Waals surface area (Å²) in [6.45, 7) is 0. The molecule has 5 aromatic rings. The summed E-state index contributed by atoms with van der Waals surface area (Å²) in [4.78, 5) is 30.0. The van der Waals surface area contributed by atoms with Crippen LogP contribution in [0.15, 0.2) is 108 Å². The van der Waals surface area contributed by atoms with Gasteiger partial charge in [0, 0.05) is 29.5 Å². The van der Waals surface area contributed by atoms with Crippen molar-refractivity contribution >= 4 is 46.3 Å². The lowest BCUT2D eigenvalue weighted by atomic mass is 9.99. The van der Waals surface area contributed by atoms with Gasteiger partial charge in [0.25, 0.3) is 5.69 Å². The van der Waals surface area contributed by atoms with Crippen molar-refractivity contribution in [2.75, 3.05) is 16.0 Å². The molecule has 0 fully saturated rings. The van der Waals surface area contributed by atoms with Crippen LogP contribution >= 0.6 is 0 Å². The van der Waals surface area contributed by atoms with Gasteiger partial charge >= 0.3 is 0 Å². The minimum atomic E-state index is -0.535. The summed E-state index contributed by atoms with van der Waals surface area (Å²) in [5.74, 6) is 0.491. The lowest BCUT2D eigenvalue weighted by Crippen LogP contribution is -2.07. The molecule has 6 rings (SSSR count). The molecule has 0 aliphatic carbocycles. The number of nitrogens with one attached hydrogen (secondary N) is 3. The fraction of sp³-hybridized carbons (Fsp3) is 0.0667. The normalized spacial score (nSPS) is 14.0. The average Bonchev–Trinajstić information content (AvgIpc) is 3.49. The molecule has 0 amide bonds. The van der Waals surface area contributed by atoms with Gasteiger partial charge in [-0.3, -0.25) is 10.1 Å². The molecule has 1 aliphatic rings. The van der Waals surface area contributed by atoms with Crippen LogP contribution in [0.25, 0.3) is 0 Å². The Morgan fingerprint density at radius 3 is 1.83 bits per heavy atom. The van der Waals surface area contributed by atoms with Gasteiger partial charge in [0.05, 0.1) is 16.2 Å². The van der Waals surface area contributed by atoms with Gasteiger partial charge in [0.1, 0.15) is 5.82 Å². The molecule has 0 bridgehead atoms. The minimum absolute atomic E-state index is 0.00487. The van der Waals surface area contributed by atoms with E-state index in [1.807, 2.05) is 54.6 Å². The number of nitro groups is 1. The molecule has 0 spiro atoms. The van der Waals surface area contributed by atoms with Crippen molar-refractivity contribution < 1.29 is 14.2 Å². The summed E-state index contributed by atoms with van der Waals surface area (Å²) in [7, 11) is 0. The number of oxime groups is 1. The van der Waals surface area contributed by atoms with Crippen LogP contribution in [0.5, 0.6) is 0 Å². The van der Waals surface area contributed by atoms with Crippen molar-refractivity contribution in [1.29, 1.82) is 0 Å². The zero-order valence-corrected chi connectivity index (χ0v) is 21.9. The monoisotopic (exact) mass is 562 g/mol. The Hall–Kier alpha value is -5.91.